The zero-order chi connectivity index (χ0) is 15.9. The van der Waals surface area contributed by atoms with E-state index in [4.69, 9.17) is 28.3 Å². The minimum absolute atomic E-state index is 0.0869. The predicted octanol–water partition coefficient (Wildman–Crippen LogP) is 4.92. The van der Waals surface area contributed by atoms with Gasteiger partial charge in [-0.15, -0.1) is 0 Å². The second-order valence-electron chi connectivity index (χ2n) is 3.91. The van der Waals surface area contributed by atoms with Crippen LogP contribution in [0.25, 0.3) is 11.1 Å². The van der Waals surface area contributed by atoms with E-state index < -0.39 is 45.9 Å². The Hall–Kier alpha value is -1.79. The lowest BCUT2D eigenvalue weighted by molar-refractivity contribution is 0.0683. The van der Waals surface area contributed by atoms with E-state index in [2.05, 4.69) is 0 Å². The lowest BCUT2D eigenvalue weighted by atomic mass is 10.0. The van der Waals surface area contributed by atoms with E-state index in [1.807, 2.05) is 0 Å². The molecule has 0 amide bonds. The van der Waals surface area contributed by atoms with Crippen molar-refractivity contribution in [2.75, 3.05) is 0 Å². The van der Waals surface area contributed by atoms with Crippen LogP contribution in [0, 0.1) is 23.3 Å². The summed E-state index contributed by atoms with van der Waals surface area (Å²) in [4.78, 5) is 10.7. The zero-order valence-corrected chi connectivity index (χ0v) is 11.4. The summed E-state index contributed by atoms with van der Waals surface area (Å²) < 4.78 is 55.1. The molecule has 2 nitrogen and oxygen atoms in total. The number of carboxylic acid groups (broad SMARTS) is 1. The lowest BCUT2D eigenvalue weighted by Crippen LogP contribution is -2.11. The van der Waals surface area contributed by atoms with Gasteiger partial charge in [0, 0.05) is 5.56 Å². The van der Waals surface area contributed by atoms with Gasteiger partial charge in [-0.2, -0.15) is 0 Å². The molecular formula is C13H4Cl2F4O2. The molecule has 2 aromatic carbocycles. The smallest absolute Gasteiger partial charge is 0.341 e. The van der Waals surface area contributed by atoms with Gasteiger partial charge in [-0.25, -0.2) is 22.4 Å². The van der Waals surface area contributed by atoms with E-state index in [9.17, 15) is 22.4 Å². The molecule has 0 spiro atoms. The van der Waals surface area contributed by atoms with Gasteiger partial charge in [0.2, 0.25) is 0 Å². The molecule has 0 unspecified atom stereocenters. The monoisotopic (exact) mass is 338 g/mol. The van der Waals surface area contributed by atoms with E-state index in [1.165, 1.54) is 12.1 Å². The molecule has 0 aromatic heterocycles. The van der Waals surface area contributed by atoms with Crippen LogP contribution in [0.5, 0.6) is 0 Å². The fourth-order valence-corrected chi connectivity index (χ4v) is 2.15. The van der Waals surface area contributed by atoms with Crippen LogP contribution >= 0.6 is 23.2 Å². The summed E-state index contributed by atoms with van der Waals surface area (Å²) >= 11 is 11.4. The number of hydrogen-bond donors (Lipinski definition) is 1. The summed E-state index contributed by atoms with van der Waals surface area (Å²) in [5.74, 6) is -9.91. The number of benzene rings is 2. The summed E-state index contributed by atoms with van der Waals surface area (Å²) in [5, 5.41) is 8.19. The van der Waals surface area contributed by atoms with Crippen molar-refractivity contribution in [3.63, 3.8) is 0 Å². The van der Waals surface area contributed by atoms with Crippen LogP contribution in [0.1, 0.15) is 10.4 Å². The summed E-state index contributed by atoms with van der Waals surface area (Å²) in [6.45, 7) is 0. The molecule has 2 aromatic rings. The SMILES string of the molecule is O=C(O)c1c(F)c(F)c(-c2cccc(Cl)c2Cl)c(F)c1F. The van der Waals surface area contributed by atoms with Crippen molar-refractivity contribution < 1.29 is 27.5 Å². The first-order valence-corrected chi connectivity index (χ1v) is 6.06. The Kier molecular flexibility index (Phi) is 4.11. The highest BCUT2D eigenvalue weighted by Gasteiger charge is 2.30. The molecule has 0 aliphatic rings. The molecule has 0 bridgehead atoms. The van der Waals surface area contributed by atoms with Crippen molar-refractivity contribution in [2.45, 2.75) is 0 Å². The largest absolute Gasteiger partial charge is 0.477 e. The van der Waals surface area contributed by atoms with Crippen LogP contribution in [0.4, 0.5) is 17.6 Å². The fraction of sp³-hybridized carbons (Fsp3) is 0. The molecule has 0 aliphatic heterocycles. The molecular weight excluding hydrogens is 335 g/mol. The normalized spacial score (nSPS) is 10.8. The van der Waals surface area contributed by atoms with E-state index >= 15 is 0 Å². The highest BCUT2D eigenvalue weighted by atomic mass is 35.5. The van der Waals surface area contributed by atoms with E-state index in [0.717, 1.165) is 6.07 Å². The minimum atomic E-state index is -2.13. The maximum atomic E-state index is 13.9. The van der Waals surface area contributed by atoms with Crippen LogP contribution in [-0.4, -0.2) is 11.1 Å². The quantitative estimate of drug-likeness (QED) is 0.623. The van der Waals surface area contributed by atoms with Crippen LogP contribution in [0.2, 0.25) is 10.0 Å². The first-order valence-electron chi connectivity index (χ1n) is 5.31. The van der Waals surface area contributed by atoms with E-state index in [1.54, 1.807) is 0 Å². The average molecular weight is 339 g/mol. The standard InChI is InChI=1S/C13H4Cl2F4O2/c14-5-3-1-2-4(8(5)15)6-9(16)11(18)7(13(20)21)12(19)10(6)17/h1-3H,(H,20,21). The molecule has 0 atom stereocenters. The number of hydrogen-bond acceptors (Lipinski definition) is 1. The number of aromatic carboxylic acids is 1. The molecule has 0 saturated carbocycles. The van der Waals surface area contributed by atoms with Gasteiger partial charge in [-0.1, -0.05) is 35.3 Å². The second kappa shape index (κ2) is 5.54. The summed E-state index contributed by atoms with van der Waals surface area (Å²) in [6.07, 6.45) is 0. The highest BCUT2D eigenvalue weighted by molar-refractivity contribution is 6.43. The number of carbonyl (C=O) groups is 1. The minimum Gasteiger partial charge on any atom is -0.477 e. The van der Waals surface area contributed by atoms with E-state index in [0.29, 0.717) is 0 Å². The summed E-state index contributed by atoms with van der Waals surface area (Å²) in [7, 11) is 0. The average Bonchev–Trinajstić information content (AvgIpc) is 2.41. The molecule has 0 aliphatic carbocycles. The number of rotatable bonds is 2. The maximum absolute atomic E-state index is 13.9. The summed E-state index contributed by atoms with van der Waals surface area (Å²) in [5.41, 5.74) is -3.23. The van der Waals surface area contributed by atoms with Gasteiger partial charge in [0.15, 0.2) is 23.3 Å². The lowest BCUT2D eigenvalue weighted by Gasteiger charge is -2.11. The molecule has 110 valence electrons. The second-order valence-corrected chi connectivity index (χ2v) is 4.70. The maximum Gasteiger partial charge on any atom is 0.341 e. The first-order chi connectivity index (χ1) is 9.77. The third kappa shape index (κ3) is 2.45. The molecule has 0 saturated heterocycles. The predicted molar refractivity (Wildman–Crippen MR) is 68.7 cm³/mol. The Morgan fingerprint density at radius 3 is 1.95 bits per heavy atom. The van der Waals surface area contributed by atoms with Crippen LogP contribution in [0.15, 0.2) is 18.2 Å². The third-order valence-corrected chi connectivity index (χ3v) is 3.52. The fourth-order valence-electron chi connectivity index (χ4n) is 1.75. The van der Waals surface area contributed by atoms with Crippen molar-refractivity contribution in [1.29, 1.82) is 0 Å². The van der Waals surface area contributed by atoms with Crippen LogP contribution in [-0.2, 0) is 0 Å². The Morgan fingerprint density at radius 2 is 1.48 bits per heavy atom. The molecule has 0 heterocycles. The number of halogens is 6. The Morgan fingerprint density at radius 1 is 0.952 bits per heavy atom. The highest BCUT2D eigenvalue weighted by Crippen LogP contribution is 2.38. The van der Waals surface area contributed by atoms with Gasteiger partial charge in [-0.05, 0) is 6.07 Å². The molecule has 21 heavy (non-hydrogen) atoms. The first kappa shape index (κ1) is 15.6. The van der Waals surface area contributed by atoms with Gasteiger partial charge in [-0.3, -0.25) is 0 Å². The van der Waals surface area contributed by atoms with Crippen molar-refractivity contribution in [3.8, 4) is 11.1 Å². The van der Waals surface area contributed by atoms with Gasteiger partial charge >= 0.3 is 5.97 Å². The van der Waals surface area contributed by atoms with Crippen molar-refractivity contribution in [3.05, 3.63) is 57.1 Å². The molecule has 0 radical (unpaired) electrons. The molecule has 2 rings (SSSR count). The Labute approximate surface area is 125 Å². The van der Waals surface area contributed by atoms with Gasteiger partial charge in [0.25, 0.3) is 0 Å². The van der Waals surface area contributed by atoms with Gasteiger partial charge in [0.05, 0.1) is 15.6 Å². The summed E-state index contributed by atoms with van der Waals surface area (Å²) in [6, 6.07) is 3.67. The Bertz CT molecular complexity index is 733. The molecule has 8 heteroatoms. The van der Waals surface area contributed by atoms with E-state index in [-0.39, 0.29) is 10.0 Å². The van der Waals surface area contributed by atoms with Gasteiger partial charge < -0.3 is 5.11 Å². The van der Waals surface area contributed by atoms with Gasteiger partial charge in [0.1, 0.15) is 5.56 Å². The molecule has 1 N–H and O–H groups in total. The zero-order valence-electron chi connectivity index (χ0n) is 9.86. The third-order valence-electron chi connectivity index (χ3n) is 2.70. The topological polar surface area (TPSA) is 37.3 Å². The number of carboxylic acids is 1. The van der Waals surface area contributed by atoms with Crippen molar-refractivity contribution in [1.82, 2.24) is 0 Å². The van der Waals surface area contributed by atoms with Crippen molar-refractivity contribution in [2.24, 2.45) is 0 Å². The van der Waals surface area contributed by atoms with Crippen molar-refractivity contribution >= 4 is 29.2 Å². The molecule has 0 fully saturated rings. The van der Waals surface area contributed by atoms with Crippen LogP contribution in [0.3, 0.4) is 0 Å². The Balaban J connectivity index is 2.89. The van der Waals surface area contributed by atoms with Crippen LogP contribution < -0.4 is 0 Å².